The van der Waals surface area contributed by atoms with Gasteiger partial charge in [0.25, 0.3) is 11.8 Å². The zero-order valence-corrected chi connectivity index (χ0v) is 19.4. The molecule has 0 saturated heterocycles. The molecule has 4 rings (SSSR count). The van der Waals surface area contributed by atoms with Gasteiger partial charge >= 0.3 is 5.97 Å². The number of carbonyl (C=O) groups is 3. The minimum Gasteiger partial charge on any atom is -0.451 e. The van der Waals surface area contributed by atoms with Crippen LogP contribution in [0.4, 0.5) is 5.69 Å². The van der Waals surface area contributed by atoms with Gasteiger partial charge in [-0.3, -0.25) is 9.59 Å². The Morgan fingerprint density at radius 3 is 2.38 bits per heavy atom. The van der Waals surface area contributed by atoms with Crippen LogP contribution in [0, 0.1) is 0 Å². The van der Waals surface area contributed by atoms with Gasteiger partial charge in [-0.1, -0.05) is 18.2 Å². The summed E-state index contributed by atoms with van der Waals surface area (Å²) in [5.74, 6) is -1.13. The number of amides is 2. The highest BCUT2D eigenvalue weighted by molar-refractivity contribution is 5.97. The van der Waals surface area contributed by atoms with E-state index >= 15 is 0 Å². The summed E-state index contributed by atoms with van der Waals surface area (Å²) in [7, 11) is 0. The molecule has 0 atom stereocenters. The predicted molar refractivity (Wildman–Crippen MR) is 128 cm³/mol. The smallest absolute Gasteiger partial charge is 0.359 e. The molecular weight excluding hydrogens is 432 g/mol. The second kappa shape index (κ2) is 10.3. The van der Waals surface area contributed by atoms with Crippen LogP contribution in [0.5, 0.6) is 0 Å². The van der Waals surface area contributed by atoms with Crippen LogP contribution in [-0.2, 0) is 22.4 Å². The third-order valence-corrected chi connectivity index (χ3v) is 5.92. The van der Waals surface area contributed by atoms with Crippen LogP contribution in [0.15, 0.2) is 54.6 Å². The van der Waals surface area contributed by atoms with Crippen LogP contribution in [0.1, 0.15) is 52.4 Å². The SMILES string of the molecule is CCN(CC)C(=O)c1ccc(NC(=O)COC(=O)c2nn(-c3ccccc3)c3c2CCC3)cc1. The van der Waals surface area contributed by atoms with Crippen molar-refractivity contribution in [2.75, 3.05) is 25.0 Å². The molecule has 34 heavy (non-hydrogen) atoms. The van der Waals surface area contributed by atoms with Crippen LogP contribution in [-0.4, -0.2) is 52.2 Å². The normalized spacial score (nSPS) is 12.2. The molecule has 0 spiro atoms. The lowest BCUT2D eigenvalue weighted by molar-refractivity contribution is -0.119. The standard InChI is InChI=1S/C26H28N4O4/c1-3-29(4-2)25(32)18-13-15-19(16-14-18)27-23(31)17-34-26(33)24-21-11-8-12-22(21)30(28-24)20-9-6-5-7-10-20/h5-7,9-10,13-16H,3-4,8,11-12,17H2,1-2H3,(H,27,31). The highest BCUT2D eigenvalue weighted by Crippen LogP contribution is 2.28. The average Bonchev–Trinajstić information content (AvgIpc) is 3.47. The number of fused-ring (bicyclic) bond motifs is 1. The number of nitrogens with zero attached hydrogens (tertiary/aromatic N) is 3. The summed E-state index contributed by atoms with van der Waals surface area (Å²) in [5.41, 5.74) is 4.14. The van der Waals surface area contributed by atoms with Crippen LogP contribution in [0.3, 0.4) is 0 Å². The van der Waals surface area contributed by atoms with Gasteiger partial charge in [0.05, 0.1) is 5.69 Å². The Hall–Kier alpha value is -3.94. The van der Waals surface area contributed by atoms with Crippen molar-refractivity contribution in [2.45, 2.75) is 33.1 Å². The molecule has 3 aromatic rings. The molecule has 1 heterocycles. The van der Waals surface area contributed by atoms with Crippen LogP contribution in [0.2, 0.25) is 0 Å². The molecule has 0 aliphatic heterocycles. The fraction of sp³-hybridized carbons (Fsp3) is 0.308. The van der Waals surface area contributed by atoms with Crippen molar-refractivity contribution in [1.82, 2.24) is 14.7 Å². The first-order valence-corrected chi connectivity index (χ1v) is 11.5. The van der Waals surface area contributed by atoms with Crippen molar-refractivity contribution in [1.29, 1.82) is 0 Å². The van der Waals surface area contributed by atoms with E-state index in [9.17, 15) is 14.4 Å². The minimum absolute atomic E-state index is 0.0562. The van der Waals surface area contributed by atoms with E-state index in [1.54, 1.807) is 33.8 Å². The molecular formula is C26H28N4O4. The van der Waals surface area contributed by atoms with E-state index in [4.69, 9.17) is 4.74 Å². The molecule has 2 amide bonds. The number of benzene rings is 2. The van der Waals surface area contributed by atoms with Gasteiger partial charge in [-0.25, -0.2) is 9.48 Å². The zero-order chi connectivity index (χ0) is 24.1. The number of carbonyl (C=O) groups excluding carboxylic acids is 3. The van der Waals surface area contributed by atoms with E-state index in [-0.39, 0.29) is 11.6 Å². The van der Waals surface area contributed by atoms with E-state index < -0.39 is 18.5 Å². The fourth-order valence-corrected chi connectivity index (χ4v) is 4.17. The molecule has 0 bridgehead atoms. The van der Waals surface area contributed by atoms with Crippen molar-refractivity contribution in [3.05, 3.63) is 77.1 Å². The Labute approximate surface area is 198 Å². The van der Waals surface area contributed by atoms with Gasteiger partial charge in [0.15, 0.2) is 12.3 Å². The molecule has 1 N–H and O–H groups in total. The van der Waals surface area contributed by atoms with Crippen LogP contribution < -0.4 is 5.32 Å². The van der Waals surface area contributed by atoms with Crippen molar-refractivity contribution >= 4 is 23.5 Å². The molecule has 8 heteroatoms. The number of rotatable bonds is 8. The van der Waals surface area contributed by atoms with Crippen molar-refractivity contribution in [2.24, 2.45) is 0 Å². The highest BCUT2D eigenvalue weighted by Gasteiger charge is 2.28. The van der Waals surface area contributed by atoms with E-state index in [2.05, 4.69) is 10.4 Å². The third kappa shape index (κ3) is 4.85. The number of ether oxygens (including phenoxy) is 1. The number of esters is 1. The second-order valence-electron chi connectivity index (χ2n) is 8.05. The van der Waals surface area contributed by atoms with Crippen molar-refractivity contribution < 1.29 is 19.1 Å². The Morgan fingerprint density at radius 1 is 1.00 bits per heavy atom. The fourth-order valence-electron chi connectivity index (χ4n) is 4.17. The van der Waals surface area contributed by atoms with Crippen LogP contribution >= 0.6 is 0 Å². The van der Waals surface area contributed by atoms with E-state index in [0.717, 1.165) is 36.2 Å². The lowest BCUT2D eigenvalue weighted by Crippen LogP contribution is -2.30. The predicted octanol–water partition coefficient (Wildman–Crippen LogP) is 3.64. The van der Waals surface area contributed by atoms with Crippen molar-refractivity contribution in [3.8, 4) is 5.69 Å². The summed E-state index contributed by atoms with van der Waals surface area (Å²) < 4.78 is 7.06. The Bertz CT molecular complexity index is 1180. The zero-order valence-electron chi connectivity index (χ0n) is 19.4. The molecule has 0 saturated carbocycles. The van der Waals surface area contributed by atoms with E-state index in [0.29, 0.717) is 24.3 Å². The summed E-state index contributed by atoms with van der Waals surface area (Å²) in [6.45, 7) is 4.69. The second-order valence-corrected chi connectivity index (χ2v) is 8.05. The lowest BCUT2D eigenvalue weighted by atomic mass is 10.2. The van der Waals surface area contributed by atoms with E-state index in [1.807, 2.05) is 44.2 Å². The Kier molecular flexibility index (Phi) is 7.06. The monoisotopic (exact) mass is 460 g/mol. The van der Waals surface area contributed by atoms with Gasteiger partial charge in [-0.2, -0.15) is 5.10 Å². The average molecular weight is 461 g/mol. The van der Waals surface area contributed by atoms with Gasteiger partial charge in [0, 0.05) is 35.6 Å². The quantitative estimate of drug-likeness (QED) is 0.518. The summed E-state index contributed by atoms with van der Waals surface area (Å²) in [4.78, 5) is 39.2. The molecule has 8 nitrogen and oxygen atoms in total. The summed E-state index contributed by atoms with van der Waals surface area (Å²) >= 11 is 0. The van der Waals surface area contributed by atoms with Gasteiger partial charge < -0.3 is 15.0 Å². The number of anilines is 1. The summed E-state index contributed by atoms with van der Waals surface area (Å²) in [6.07, 6.45) is 2.56. The molecule has 1 aromatic heterocycles. The minimum atomic E-state index is -0.608. The largest absolute Gasteiger partial charge is 0.451 e. The molecule has 1 aliphatic carbocycles. The van der Waals surface area contributed by atoms with Crippen LogP contribution in [0.25, 0.3) is 5.69 Å². The Morgan fingerprint density at radius 2 is 1.71 bits per heavy atom. The number of nitrogens with one attached hydrogen (secondary N) is 1. The first-order chi connectivity index (χ1) is 16.5. The maximum Gasteiger partial charge on any atom is 0.359 e. The molecule has 2 aromatic carbocycles. The first-order valence-electron chi connectivity index (χ1n) is 11.5. The molecule has 0 unspecified atom stereocenters. The van der Waals surface area contributed by atoms with Gasteiger partial charge in [-0.15, -0.1) is 0 Å². The van der Waals surface area contributed by atoms with Crippen molar-refractivity contribution in [3.63, 3.8) is 0 Å². The number of aromatic nitrogens is 2. The molecule has 176 valence electrons. The maximum absolute atomic E-state index is 12.7. The van der Waals surface area contributed by atoms with E-state index in [1.165, 1.54) is 0 Å². The number of para-hydroxylation sites is 1. The topological polar surface area (TPSA) is 93.5 Å². The van der Waals surface area contributed by atoms with Gasteiger partial charge in [-0.05, 0) is 69.5 Å². The molecule has 0 fully saturated rings. The number of hydrogen-bond acceptors (Lipinski definition) is 5. The molecule has 0 radical (unpaired) electrons. The Balaban J connectivity index is 1.37. The maximum atomic E-state index is 12.7. The number of hydrogen-bond donors (Lipinski definition) is 1. The first kappa shape index (κ1) is 23.2. The third-order valence-electron chi connectivity index (χ3n) is 5.92. The molecule has 1 aliphatic rings. The summed E-state index contributed by atoms with van der Waals surface area (Å²) in [6, 6.07) is 16.3. The summed E-state index contributed by atoms with van der Waals surface area (Å²) in [5, 5.41) is 7.18. The van der Waals surface area contributed by atoms with Gasteiger partial charge in [0.2, 0.25) is 0 Å². The highest BCUT2D eigenvalue weighted by atomic mass is 16.5. The lowest BCUT2D eigenvalue weighted by Gasteiger charge is -2.18. The van der Waals surface area contributed by atoms with Gasteiger partial charge in [0.1, 0.15) is 0 Å².